The number of benzene rings is 2. The Balaban J connectivity index is 1.92. The first-order chi connectivity index (χ1) is 15.3. The van der Waals surface area contributed by atoms with Gasteiger partial charge in [-0.2, -0.15) is 0 Å². The molecule has 0 bridgehead atoms. The van der Waals surface area contributed by atoms with E-state index < -0.39 is 17.4 Å². The molecule has 1 amide bonds. The molecule has 0 fully saturated rings. The molecule has 3 rings (SSSR count). The summed E-state index contributed by atoms with van der Waals surface area (Å²) < 4.78 is 6.63. The number of rotatable bonds is 8. The molecule has 7 nitrogen and oxygen atoms in total. The van der Waals surface area contributed by atoms with Crippen LogP contribution in [0.5, 0.6) is 5.75 Å². The standard InChI is InChI=1S/C25H28N2O5/c1-4-15-32-25(31)17-9-11-18(12-10-17)26-23(29)21-22(28)19-7-5-6-8-20(19)27(24(21)30)14-13-16(2)3/h5-12,16,28H,4,13-15H2,1-3H3,(H,26,29). The second-order valence-corrected chi connectivity index (χ2v) is 8.05. The van der Waals surface area contributed by atoms with E-state index in [-0.39, 0.29) is 11.3 Å². The molecule has 2 aromatic carbocycles. The number of pyridine rings is 1. The number of carbonyl (C=O) groups excluding carboxylic acids is 2. The summed E-state index contributed by atoms with van der Waals surface area (Å²) in [6, 6.07) is 13.2. The van der Waals surface area contributed by atoms with Gasteiger partial charge < -0.3 is 19.7 Å². The summed E-state index contributed by atoms with van der Waals surface area (Å²) in [6.45, 7) is 6.80. The van der Waals surface area contributed by atoms with Crippen LogP contribution in [0.15, 0.2) is 53.3 Å². The molecule has 0 atom stereocenters. The smallest absolute Gasteiger partial charge is 0.338 e. The minimum absolute atomic E-state index is 0.307. The number of aromatic hydroxyl groups is 1. The molecule has 1 heterocycles. The van der Waals surface area contributed by atoms with Crippen LogP contribution < -0.4 is 10.9 Å². The molecular weight excluding hydrogens is 408 g/mol. The van der Waals surface area contributed by atoms with E-state index in [0.717, 1.165) is 12.8 Å². The number of aromatic nitrogens is 1. The molecule has 168 valence electrons. The third-order valence-electron chi connectivity index (χ3n) is 5.12. The predicted octanol–water partition coefficient (Wildman–Crippen LogP) is 4.57. The van der Waals surface area contributed by atoms with E-state index in [1.165, 1.54) is 16.7 Å². The highest BCUT2D eigenvalue weighted by atomic mass is 16.5. The quantitative estimate of drug-likeness (QED) is 0.504. The number of carbonyl (C=O) groups is 2. The zero-order valence-corrected chi connectivity index (χ0v) is 18.6. The molecule has 32 heavy (non-hydrogen) atoms. The number of hydrogen-bond acceptors (Lipinski definition) is 5. The van der Waals surface area contributed by atoms with Crippen LogP contribution >= 0.6 is 0 Å². The van der Waals surface area contributed by atoms with Gasteiger partial charge in [-0.3, -0.25) is 9.59 Å². The lowest BCUT2D eigenvalue weighted by Gasteiger charge is -2.16. The van der Waals surface area contributed by atoms with Crippen molar-refractivity contribution in [1.29, 1.82) is 0 Å². The highest BCUT2D eigenvalue weighted by molar-refractivity contribution is 6.09. The Kier molecular flexibility index (Phi) is 7.30. The molecule has 0 radical (unpaired) electrons. The molecule has 7 heteroatoms. The molecule has 0 spiro atoms. The van der Waals surface area contributed by atoms with Crippen molar-refractivity contribution in [3.8, 4) is 5.75 Å². The number of aryl methyl sites for hydroxylation is 1. The van der Waals surface area contributed by atoms with Crippen molar-refractivity contribution in [2.45, 2.75) is 40.2 Å². The summed E-state index contributed by atoms with van der Waals surface area (Å²) in [7, 11) is 0. The van der Waals surface area contributed by atoms with Gasteiger partial charge in [-0.05, 0) is 55.2 Å². The van der Waals surface area contributed by atoms with Gasteiger partial charge in [0.1, 0.15) is 11.3 Å². The van der Waals surface area contributed by atoms with Gasteiger partial charge in [-0.25, -0.2) is 4.79 Å². The lowest BCUT2D eigenvalue weighted by Crippen LogP contribution is -2.30. The Hall–Kier alpha value is -3.61. The van der Waals surface area contributed by atoms with Crippen molar-refractivity contribution < 1.29 is 19.4 Å². The van der Waals surface area contributed by atoms with Crippen molar-refractivity contribution >= 4 is 28.5 Å². The number of para-hydroxylation sites is 1. The highest BCUT2D eigenvalue weighted by Crippen LogP contribution is 2.27. The maximum absolute atomic E-state index is 13.2. The molecular formula is C25H28N2O5. The number of fused-ring (bicyclic) bond motifs is 1. The van der Waals surface area contributed by atoms with Crippen LogP contribution in [0.3, 0.4) is 0 Å². The third kappa shape index (κ3) is 4.99. The Bertz CT molecular complexity index is 1180. The van der Waals surface area contributed by atoms with E-state index in [1.807, 2.05) is 6.92 Å². The second-order valence-electron chi connectivity index (χ2n) is 8.05. The number of nitrogens with one attached hydrogen (secondary N) is 1. The number of anilines is 1. The van der Waals surface area contributed by atoms with Gasteiger partial charge in [-0.1, -0.05) is 32.9 Å². The van der Waals surface area contributed by atoms with E-state index in [9.17, 15) is 19.5 Å². The van der Waals surface area contributed by atoms with Crippen molar-refractivity contribution in [3.63, 3.8) is 0 Å². The van der Waals surface area contributed by atoms with Crippen molar-refractivity contribution in [1.82, 2.24) is 4.57 Å². The van der Waals surface area contributed by atoms with Crippen LogP contribution in [-0.2, 0) is 11.3 Å². The van der Waals surface area contributed by atoms with Gasteiger partial charge in [0.2, 0.25) is 0 Å². The van der Waals surface area contributed by atoms with E-state index in [1.54, 1.807) is 36.4 Å². The van der Waals surface area contributed by atoms with Crippen LogP contribution in [0.25, 0.3) is 10.9 Å². The lowest BCUT2D eigenvalue weighted by atomic mass is 10.1. The third-order valence-corrected chi connectivity index (χ3v) is 5.12. The number of ether oxygens (including phenoxy) is 1. The van der Waals surface area contributed by atoms with E-state index in [0.29, 0.717) is 41.2 Å². The fourth-order valence-electron chi connectivity index (χ4n) is 3.36. The first-order valence-corrected chi connectivity index (χ1v) is 10.8. The van der Waals surface area contributed by atoms with Gasteiger partial charge in [0, 0.05) is 17.6 Å². The van der Waals surface area contributed by atoms with E-state index >= 15 is 0 Å². The number of esters is 1. The Labute approximate surface area is 186 Å². The summed E-state index contributed by atoms with van der Waals surface area (Å²) in [4.78, 5) is 38.1. The van der Waals surface area contributed by atoms with Gasteiger partial charge in [0.25, 0.3) is 11.5 Å². The zero-order chi connectivity index (χ0) is 23.3. The first-order valence-electron chi connectivity index (χ1n) is 10.8. The minimum atomic E-state index is -0.710. The molecule has 2 N–H and O–H groups in total. The monoisotopic (exact) mass is 436 g/mol. The molecule has 0 saturated carbocycles. The van der Waals surface area contributed by atoms with Crippen molar-refractivity contribution in [2.75, 3.05) is 11.9 Å². The SMILES string of the molecule is CCCOC(=O)c1ccc(NC(=O)c2c(O)c3ccccc3n(CCC(C)C)c2=O)cc1. The van der Waals surface area contributed by atoms with Crippen LogP contribution in [-0.4, -0.2) is 28.2 Å². The van der Waals surface area contributed by atoms with E-state index in [2.05, 4.69) is 19.2 Å². The molecule has 3 aromatic rings. The summed E-state index contributed by atoms with van der Waals surface area (Å²) in [6.07, 6.45) is 1.48. The molecule has 0 aliphatic heterocycles. The molecule has 0 saturated heterocycles. The Morgan fingerprint density at radius 1 is 1.09 bits per heavy atom. The van der Waals surface area contributed by atoms with Crippen LogP contribution in [0.4, 0.5) is 5.69 Å². The van der Waals surface area contributed by atoms with Crippen molar-refractivity contribution in [2.24, 2.45) is 5.92 Å². The Morgan fingerprint density at radius 3 is 2.44 bits per heavy atom. The van der Waals surface area contributed by atoms with Gasteiger partial charge >= 0.3 is 5.97 Å². The molecule has 0 aliphatic rings. The largest absolute Gasteiger partial charge is 0.506 e. The summed E-state index contributed by atoms with van der Waals surface area (Å²) in [5, 5.41) is 13.8. The summed E-state index contributed by atoms with van der Waals surface area (Å²) in [5.74, 6) is -1.12. The highest BCUT2D eigenvalue weighted by Gasteiger charge is 2.22. The predicted molar refractivity (Wildman–Crippen MR) is 124 cm³/mol. The summed E-state index contributed by atoms with van der Waals surface area (Å²) >= 11 is 0. The minimum Gasteiger partial charge on any atom is -0.506 e. The zero-order valence-electron chi connectivity index (χ0n) is 18.6. The van der Waals surface area contributed by atoms with Crippen LogP contribution in [0.2, 0.25) is 0 Å². The normalized spacial score (nSPS) is 11.0. The lowest BCUT2D eigenvalue weighted by molar-refractivity contribution is 0.0505. The average molecular weight is 437 g/mol. The molecule has 1 aromatic heterocycles. The molecule has 0 unspecified atom stereocenters. The Morgan fingerprint density at radius 2 is 1.78 bits per heavy atom. The number of amides is 1. The summed E-state index contributed by atoms with van der Waals surface area (Å²) in [5.41, 5.74) is 0.490. The number of hydrogen-bond donors (Lipinski definition) is 2. The topological polar surface area (TPSA) is 97.6 Å². The van der Waals surface area contributed by atoms with Crippen molar-refractivity contribution in [3.05, 3.63) is 70.0 Å². The molecule has 0 aliphatic carbocycles. The first kappa shape index (κ1) is 23.1. The fourth-order valence-corrected chi connectivity index (χ4v) is 3.36. The second kappa shape index (κ2) is 10.1. The van der Waals surface area contributed by atoms with Crippen LogP contribution in [0.1, 0.15) is 54.3 Å². The fraction of sp³-hybridized carbons (Fsp3) is 0.320. The maximum Gasteiger partial charge on any atom is 0.338 e. The van der Waals surface area contributed by atoms with Gasteiger partial charge in [0.05, 0.1) is 17.7 Å². The van der Waals surface area contributed by atoms with Gasteiger partial charge in [-0.15, -0.1) is 0 Å². The van der Waals surface area contributed by atoms with E-state index in [4.69, 9.17) is 4.74 Å². The van der Waals surface area contributed by atoms with Gasteiger partial charge in [0.15, 0.2) is 0 Å². The van der Waals surface area contributed by atoms with Crippen LogP contribution in [0, 0.1) is 5.92 Å². The maximum atomic E-state index is 13.2. The average Bonchev–Trinajstić information content (AvgIpc) is 2.77. The number of nitrogens with zero attached hydrogens (tertiary/aromatic N) is 1.